The summed E-state index contributed by atoms with van der Waals surface area (Å²) in [5.74, 6) is 5.89. The van der Waals surface area contributed by atoms with Crippen molar-refractivity contribution in [3.8, 4) is 17.6 Å². The number of nitrogens with zero attached hydrogens (tertiary/aromatic N) is 1. The first-order valence-corrected chi connectivity index (χ1v) is 5.85. The lowest BCUT2D eigenvalue weighted by Gasteiger charge is -1.95. The molecular weight excluding hydrogens is 278 g/mol. The van der Waals surface area contributed by atoms with Crippen molar-refractivity contribution >= 4 is 32.8 Å². The van der Waals surface area contributed by atoms with E-state index in [9.17, 15) is 9.90 Å². The van der Waals surface area contributed by atoms with Gasteiger partial charge in [-0.15, -0.1) is 0 Å². The van der Waals surface area contributed by atoms with Gasteiger partial charge in [-0.3, -0.25) is 4.79 Å². The number of aromatic nitrogens is 1. The van der Waals surface area contributed by atoms with Crippen molar-refractivity contribution in [1.82, 2.24) is 4.98 Å². The van der Waals surface area contributed by atoms with Crippen LogP contribution in [-0.4, -0.2) is 21.0 Å². The molecule has 0 spiro atoms. The highest BCUT2D eigenvalue weighted by molar-refractivity contribution is 9.10. The van der Waals surface area contributed by atoms with Crippen LogP contribution < -0.4 is 0 Å². The first-order valence-electron chi connectivity index (χ1n) is 4.07. The third-order valence-electron chi connectivity index (χ3n) is 1.39. The van der Waals surface area contributed by atoms with Gasteiger partial charge in [-0.2, -0.15) is 0 Å². The molecule has 0 aromatic carbocycles. The Morgan fingerprint density at radius 3 is 3.07 bits per heavy atom. The minimum Gasteiger partial charge on any atom is -0.505 e. The normalized spacial score (nSPS) is 9.20. The van der Waals surface area contributed by atoms with Gasteiger partial charge in [-0.1, -0.05) is 17.7 Å². The van der Waals surface area contributed by atoms with Crippen LogP contribution in [0.15, 0.2) is 16.7 Å². The second-order valence-corrected chi connectivity index (χ2v) is 4.55. The van der Waals surface area contributed by atoms with Gasteiger partial charge in [0.2, 0.25) is 0 Å². The zero-order valence-corrected chi connectivity index (χ0v) is 10.4. The van der Waals surface area contributed by atoms with Gasteiger partial charge < -0.3 is 5.11 Å². The summed E-state index contributed by atoms with van der Waals surface area (Å²) < 4.78 is 0.615. The van der Waals surface area contributed by atoms with Gasteiger partial charge in [0, 0.05) is 6.92 Å². The molecule has 0 aliphatic heterocycles. The van der Waals surface area contributed by atoms with Crippen LogP contribution in [0.1, 0.15) is 12.6 Å². The first-order chi connectivity index (χ1) is 7.09. The lowest BCUT2D eigenvalue weighted by atomic mass is 10.3. The summed E-state index contributed by atoms with van der Waals surface area (Å²) in [6.45, 7) is 1.49. The Balaban J connectivity index is 2.71. The number of thioether (sulfide) groups is 1. The van der Waals surface area contributed by atoms with Crippen LogP contribution in [0, 0.1) is 11.8 Å². The van der Waals surface area contributed by atoms with Crippen LogP contribution in [-0.2, 0) is 4.79 Å². The van der Waals surface area contributed by atoms with Crippen molar-refractivity contribution in [2.75, 3.05) is 5.75 Å². The van der Waals surface area contributed by atoms with Crippen molar-refractivity contribution in [1.29, 1.82) is 0 Å². The van der Waals surface area contributed by atoms with Crippen molar-refractivity contribution in [2.24, 2.45) is 0 Å². The predicted octanol–water partition coefficient (Wildman–Crippen LogP) is 2.18. The molecule has 0 bridgehead atoms. The van der Waals surface area contributed by atoms with Gasteiger partial charge in [0.25, 0.3) is 0 Å². The molecule has 1 aromatic heterocycles. The third-order valence-corrected chi connectivity index (χ3v) is 2.53. The molecule has 0 atom stereocenters. The maximum atomic E-state index is 10.6. The van der Waals surface area contributed by atoms with E-state index in [4.69, 9.17) is 0 Å². The molecule has 0 aliphatic carbocycles. The van der Waals surface area contributed by atoms with Crippen LogP contribution in [0.4, 0.5) is 0 Å². The van der Waals surface area contributed by atoms with Crippen molar-refractivity contribution in [2.45, 2.75) is 6.92 Å². The number of hydrogen-bond donors (Lipinski definition) is 1. The van der Waals surface area contributed by atoms with Crippen LogP contribution >= 0.6 is 27.7 Å². The maximum absolute atomic E-state index is 10.6. The van der Waals surface area contributed by atoms with Crippen LogP contribution in [0.25, 0.3) is 0 Å². The lowest BCUT2D eigenvalue weighted by Crippen LogP contribution is -1.86. The molecule has 78 valence electrons. The highest BCUT2D eigenvalue weighted by Crippen LogP contribution is 2.16. The van der Waals surface area contributed by atoms with Crippen LogP contribution in [0.3, 0.4) is 0 Å². The molecule has 1 rings (SSSR count). The number of hydrogen-bond acceptors (Lipinski definition) is 4. The van der Waals surface area contributed by atoms with Crippen molar-refractivity contribution < 1.29 is 9.90 Å². The van der Waals surface area contributed by atoms with Gasteiger partial charge in [0.1, 0.15) is 10.4 Å². The Labute approximate surface area is 100 Å². The zero-order chi connectivity index (χ0) is 11.3. The summed E-state index contributed by atoms with van der Waals surface area (Å²) in [5.41, 5.74) is 0.313. The van der Waals surface area contributed by atoms with E-state index in [2.05, 4.69) is 32.8 Å². The largest absolute Gasteiger partial charge is 0.505 e. The zero-order valence-electron chi connectivity index (χ0n) is 7.95. The monoisotopic (exact) mass is 285 g/mol. The molecule has 0 saturated carbocycles. The van der Waals surface area contributed by atoms with Gasteiger partial charge in [-0.05, 0) is 34.0 Å². The summed E-state index contributed by atoms with van der Waals surface area (Å²) in [5, 5.41) is 9.41. The van der Waals surface area contributed by atoms with E-state index < -0.39 is 0 Å². The molecule has 1 N–H and O–H groups in total. The molecule has 0 fully saturated rings. The average molecular weight is 286 g/mol. The Morgan fingerprint density at radius 1 is 1.67 bits per heavy atom. The summed E-state index contributed by atoms with van der Waals surface area (Å²) in [4.78, 5) is 14.6. The number of halogens is 1. The maximum Gasteiger partial charge on any atom is 0.186 e. The summed E-state index contributed by atoms with van der Waals surface area (Å²) in [6.07, 6.45) is 0. The van der Waals surface area contributed by atoms with Gasteiger partial charge in [-0.25, -0.2) is 4.98 Å². The molecule has 0 radical (unpaired) electrons. The van der Waals surface area contributed by atoms with E-state index >= 15 is 0 Å². The number of carbonyl (C=O) groups excluding carboxylic acids is 1. The average Bonchev–Trinajstić information content (AvgIpc) is 2.17. The SMILES string of the molecule is CC(=O)SCC#Cc1nc(Br)ccc1O. The smallest absolute Gasteiger partial charge is 0.186 e. The Morgan fingerprint density at radius 2 is 2.40 bits per heavy atom. The van der Waals surface area contributed by atoms with Gasteiger partial charge in [0.15, 0.2) is 10.8 Å². The molecule has 15 heavy (non-hydrogen) atoms. The lowest BCUT2D eigenvalue weighted by molar-refractivity contribution is -0.109. The Hall–Kier alpha value is -0.990. The van der Waals surface area contributed by atoms with E-state index in [1.807, 2.05) is 0 Å². The number of carbonyl (C=O) groups is 1. The summed E-state index contributed by atoms with van der Waals surface area (Å²) >= 11 is 4.31. The minimum atomic E-state index is 0.0238. The van der Waals surface area contributed by atoms with E-state index in [1.54, 1.807) is 6.07 Å². The molecule has 0 amide bonds. The fourth-order valence-electron chi connectivity index (χ4n) is 0.777. The molecular formula is C10H8BrNO2S. The van der Waals surface area contributed by atoms with Crippen molar-refractivity contribution in [3.05, 3.63) is 22.4 Å². The molecule has 3 nitrogen and oxygen atoms in total. The molecule has 1 aromatic rings. The number of rotatable bonds is 1. The highest BCUT2D eigenvalue weighted by atomic mass is 79.9. The van der Waals surface area contributed by atoms with E-state index in [1.165, 1.54) is 13.0 Å². The van der Waals surface area contributed by atoms with Gasteiger partial charge in [0.05, 0.1) is 5.75 Å². The van der Waals surface area contributed by atoms with Gasteiger partial charge >= 0.3 is 0 Å². The second-order valence-electron chi connectivity index (χ2n) is 2.58. The summed E-state index contributed by atoms with van der Waals surface area (Å²) in [6, 6.07) is 3.14. The molecule has 0 aliphatic rings. The van der Waals surface area contributed by atoms with E-state index in [-0.39, 0.29) is 10.9 Å². The molecule has 5 heteroatoms. The van der Waals surface area contributed by atoms with Crippen molar-refractivity contribution in [3.63, 3.8) is 0 Å². The number of aromatic hydroxyl groups is 1. The fraction of sp³-hybridized carbons (Fsp3) is 0.200. The Bertz CT molecular complexity index is 437. The minimum absolute atomic E-state index is 0.0238. The standard InChI is InChI=1S/C10H8BrNO2S/c1-7(13)15-6-2-3-8-9(14)4-5-10(11)12-8/h4-5,14H,6H2,1H3. The van der Waals surface area contributed by atoms with E-state index in [0.29, 0.717) is 16.0 Å². The fourth-order valence-corrected chi connectivity index (χ4v) is 1.43. The molecule has 0 unspecified atom stereocenters. The molecule has 1 heterocycles. The number of pyridine rings is 1. The topological polar surface area (TPSA) is 50.2 Å². The predicted molar refractivity (Wildman–Crippen MR) is 63.6 cm³/mol. The third kappa shape index (κ3) is 4.36. The highest BCUT2D eigenvalue weighted by Gasteiger charge is 1.99. The summed E-state index contributed by atoms with van der Waals surface area (Å²) in [7, 11) is 0. The Kier molecular flexibility index (Phi) is 4.66. The van der Waals surface area contributed by atoms with Crippen LogP contribution in [0.5, 0.6) is 5.75 Å². The van der Waals surface area contributed by atoms with E-state index in [0.717, 1.165) is 11.8 Å². The molecule has 0 saturated heterocycles. The quantitative estimate of drug-likeness (QED) is 0.635. The van der Waals surface area contributed by atoms with Crippen LogP contribution in [0.2, 0.25) is 0 Å². The second kappa shape index (κ2) is 5.79. The first kappa shape index (κ1) is 12.1.